The van der Waals surface area contributed by atoms with E-state index < -0.39 is 23.5 Å². The third kappa shape index (κ3) is 3.67. The van der Waals surface area contributed by atoms with E-state index in [9.17, 15) is 14.7 Å². The van der Waals surface area contributed by atoms with Gasteiger partial charge in [-0.1, -0.05) is 25.5 Å². The molecule has 1 aliphatic rings. The van der Waals surface area contributed by atoms with Crippen molar-refractivity contribution < 1.29 is 24.2 Å². The number of hydrogen-bond donors (Lipinski definition) is 1. The average Bonchev–Trinajstić information content (AvgIpc) is 3.20. The molecule has 0 radical (unpaired) electrons. The molecule has 1 unspecified atom stereocenters. The van der Waals surface area contributed by atoms with Crippen molar-refractivity contribution in [2.45, 2.75) is 39.7 Å². The number of aliphatic hydroxyl groups excluding tert-OH is 1. The second-order valence-corrected chi connectivity index (χ2v) is 8.28. The quantitative estimate of drug-likeness (QED) is 0.633. The van der Waals surface area contributed by atoms with E-state index in [0.717, 1.165) is 17.8 Å². The molecular weight excluding hydrogens is 404 g/mol. The Morgan fingerprint density at radius 1 is 1.27 bits per heavy atom. The van der Waals surface area contributed by atoms with Crippen LogP contribution in [-0.4, -0.2) is 47.4 Å². The highest BCUT2D eigenvalue weighted by Gasteiger charge is 2.45. The second kappa shape index (κ2) is 8.87. The van der Waals surface area contributed by atoms with Gasteiger partial charge in [0.15, 0.2) is 17.3 Å². The number of aromatic nitrogens is 1. The number of benzene rings is 1. The maximum Gasteiger partial charge on any atom is 0.290 e. The maximum absolute atomic E-state index is 13.5. The minimum atomic E-state index is -0.775. The van der Waals surface area contributed by atoms with Gasteiger partial charge in [0, 0.05) is 12.1 Å². The number of Topliss-reactive ketones (excluding diaryl/α,β-unsaturated/α-hetero) is 1. The number of unbranched alkanes of at least 4 members (excludes halogenated alkanes) is 1. The molecular formula is C22H26N2O5S. The summed E-state index contributed by atoms with van der Waals surface area (Å²) < 4.78 is 11.0. The lowest BCUT2D eigenvalue weighted by Crippen LogP contribution is -2.32. The van der Waals surface area contributed by atoms with Crippen molar-refractivity contribution in [1.82, 2.24) is 9.88 Å². The molecule has 0 spiro atoms. The average molecular weight is 431 g/mol. The van der Waals surface area contributed by atoms with E-state index in [1.54, 1.807) is 25.1 Å². The van der Waals surface area contributed by atoms with Crippen LogP contribution in [0.4, 0.5) is 0 Å². The van der Waals surface area contributed by atoms with Crippen LogP contribution in [0.15, 0.2) is 29.5 Å². The van der Waals surface area contributed by atoms with Crippen LogP contribution in [0.5, 0.6) is 11.5 Å². The van der Waals surface area contributed by atoms with E-state index in [0.29, 0.717) is 34.2 Å². The first-order chi connectivity index (χ1) is 14.3. The lowest BCUT2D eigenvalue weighted by molar-refractivity contribution is -0.129. The zero-order valence-electron chi connectivity index (χ0n) is 17.8. The minimum Gasteiger partial charge on any atom is -0.503 e. The van der Waals surface area contributed by atoms with Crippen LogP contribution in [0.3, 0.4) is 0 Å². The molecule has 2 heterocycles. The van der Waals surface area contributed by atoms with Crippen molar-refractivity contribution in [2.24, 2.45) is 0 Å². The van der Waals surface area contributed by atoms with Gasteiger partial charge >= 0.3 is 0 Å². The summed E-state index contributed by atoms with van der Waals surface area (Å²) in [6.45, 7) is 5.99. The van der Waals surface area contributed by atoms with Crippen molar-refractivity contribution in [1.29, 1.82) is 0 Å². The molecule has 2 aromatic rings. The lowest BCUT2D eigenvalue weighted by atomic mass is 9.94. The molecule has 30 heavy (non-hydrogen) atoms. The number of carbonyl (C=O) groups excluding carboxylic acids is 2. The molecule has 0 fully saturated rings. The smallest absolute Gasteiger partial charge is 0.290 e. The van der Waals surface area contributed by atoms with E-state index in [2.05, 4.69) is 4.98 Å². The van der Waals surface area contributed by atoms with Gasteiger partial charge in [-0.15, -0.1) is 11.3 Å². The Bertz CT molecular complexity index is 1010. The van der Waals surface area contributed by atoms with Crippen molar-refractivity contribution >= 4 is 23.0 Å². The van der Waals surface area contributed by atoms with E-state index in [-0.39, 0.29) is 5.57 Å². The highest BCUT2D eigenvalue weighted by Crippen LogP contribution is 2.45. The first kappa shape index (κ1) is 21.8. The van der Waals surface area contributed by atoms with Crippen LogP contribution in [0.1, 0.15) is 51.7 Å². The van der Waals surface area contributed by atoms with Gasteiger partial charge in [0.25, 0.3) is 5.91 Å². The first-order valence-corrected chi connectivity index (χ1v) is 10.6. The molecule has 1 amide bonds. The predicted octanol–water partition coefficient (Wildman–Crippen LogP) is 4.16. The summed E-state index contributed by atoms with van der Waals surface area (Å²) in [6.07, 6.45) is 1.60. The van der Waals surface area contributed by atoms with Crippen LogP contribution in [0.2, 0.25) is 0 Å². The summed E-state index contributed by atoms with van der Waals surface area (Å²) in [5.74, 6) is -0.549. The Morgan fingerprint density at radius 3 is 2.57 bits per heavy atom. The Labute approximate surface area is 180 Å². The number of amides is 1. The summed E-state index contributed by atoms with van der Waals surface area (Å²) in [6, 6.07) is 4.54. The van der Waals surface area contributed by atoms with Gasteiger partial charge in [0.05, 0.1) is 41.4 Å². The number of thiazole rings is 1. The molecule has 1 aliphatic heterocycles. The number of para-hydroxylation sites is 1. The number of methoxy groups -OCH3 is 2. The van der Waals surface area contributed by atoms with E-state index >= 15 is 0 Å². The molecule has 0 aliphatic carbocycles. The van der Waals surface area contributed by atoms with Crippen LogP contribution in [-0.2, 0) is 4.79 Å². The summed E-state index contributed by atoms with van der Waals surface area (Å²) in [4.78, 5) is 32.7. The fraction of sp³-hybridized carbons (Fsp3) is 0.409. The van der Waals surface area contributed by atoms with Gasteiger partial charge in [-0.25, -0.2) is 4.98 Å². The maximum atomic E-state index is 13.5. The molecule has 0 bridgehead atoms. The topological polar surface area (TPSA) is 89.0 Å². The summed E-state index contributed by atoms with van der Waals surface area (Å²) >= 11 is 1.25. The molecule has 1 N–H and O–H groups in total. The third-order valence-corrected chi connectivity index (χ3v) is 6.21. The highest BCUT2D eigenvalue weighted by molar-refractivity contribution is 7.14. The normalized spacial score (nSPS) is 16.4. The van der Waals surface area contributed by atoms with E-state index in [1.807, 2.05) is 13.8 Å². The number of rotatable bonds is 8. The SMILES string of the molecule is CCCCN1C(=O)C(O)=C(C(=O)c2sc(C)nc2C)C1c1cccc(OC)c1OC. The van der Waals surface area contributed by atoms with Crippen LogP contribution in [0.25, 0.3) is 0 Å². The van der Waals surface area contributed by atoms with Crippen LogP contribution in [0, 0.1) is 13.8 Å². The summed E-state index contributed by atoms with van der Waals surface area (Å²) in [7, 11) is 3.04. The van der Waals surface area contributed by atoms with E-state index in [4.69, 9.17) is 9.47 Å². The number of ketones is 1. The number of ether oxygens (including phenoxy) is 2. The number of aliphatic hydroxyl groups is 1. The van der Waals surface area contributed by atoms with Gasteiger partial charge < -0.3 is 19.5 Å². The standard InChI is InChI=1S/C22H26N2O5S/c1-6-7-11-24-17(14-9-8-10-15(28-4)20(14)29-5)16(19(26)22(24)27)18(25)21-12(2)23-13(3)30-21/h8-10,17,26H,6-7,11H2,1-5H3. The van der Waals surface area contributed by atoms with Gasteiger partial charge in [-0.3, -0.25) is 9.59 Å². The number of carbonyl (C=O) groups is 2. The highest BCUT2D eigenvalue weighted by atomic mass is 32.1. The molecule has 8 heteroatoms. The van der Waals surface area contributed by atoms with Crippen molar-refractivity contribution in [2.75, 3.05) is 20.8 Å². The molecule has 0 saturated carbocycles. The molecule has 160 valence electrons. The van der Waals surface area contributed by atoms with Crippen molar-refractivity contribution in [3.05, 3.63) is 50.7 Å². The minimum absolute atomic E-state index is 0.0504. The lowest BCUT2D eigenvalue weighted by Gasteiger charge is -2.28. The van der Waals surface area contributed by atoms with E-state index in [1.165, 1.54) is 30.5 Å². The zero-order chi connectivity index (χ0) is 22.0. The van der Waals surface area contributed by atoms with Crippen molar-refractivity contribution in [3.8, 4) is 11.5 Å². The molecule has 1 aromatic carbocycles. The zero-order valence-corrected chi connectivity index (χ0v) is 18.6. The molecule has 7 nitrogen and oxygen atoms in total. The number of nitrogens with zero attached hydrogens (tertiary/aromatic N) is 2. The molecule has 1 atom stereocenters. The van der Waals surface area contributed by atoms with Gasteiger partial charge in [-0.05, 0) is 26.3 Å². The Kier molecular flexibility index (Phi) is 6.45. The first-order valence-electron chi connectivity index (χ1n) is 9.79. The molecule has 1 aromatic heterocycles. The Hall–Kier alpha value is -2.87. The summed E-state index contributed by atoms with van der Waals surface area (Å²) in [5, 5.41) is 11.5. The second-order valence-electron chi connectivity index (χ2n) is 7.08. The largest absolute Gasteiger partial charge is 0.503 e. The van der Waals surface area contributed by atoms with Gasteiger partial charge in [-0.2, -0.15) is 0 Å². The number of hydrogen-bond acceptors (Lipinski definition) is 7. The number of aryl methyl sites for hydroxylation is 2. The van der Waals surface area contributed by atoms with Crippen molar-refractivity contribution in [3.63, 3.8) is 0 Å². The molecule has 3 rings (SSSR count). The third-order valence-electron chi connectivity index (χ3n) is 5.14. The Morgan fingerprint density at radius 2 is 2.00 bits per heavy atom. The fourth-order valence-corrected chi connectivity index (χ4v) is 4.63. The van der Waals surface area contributed by atoms with Crippen LogP contribution >= 0.6 is 11.3 Å². The predicted molar refractivity (Wildman–Crippen MR) is 114 cm³/mol. The van der Waals surface area contributed by atoms with Gasteiger partial charge in [0.1, 0.15) is 0 Å². The monoisotopic (exact) mass is 430 g/mol. The fourth-order valence-electron chi connectivity index (χ4n) is 3.76. The Balaban J connectivity index is 2.20. The summed E-state index contributed by atoms with van der Waals surface area (Å²) in [5.41, 5.74) is 1.22. The van der Waals surface area contributed by atoms with Gasteiger partial charge in [0.2, 0.25) is 5.78 Å². The molecule has 0 saturated heterocycles. The van der Waals surface area contributed by atoms with Crippen LogP contribution < -0.4 is 9.47 Å².